The van der Waals surface area contributed by atoms with Crippen LogP contribution in [0.15, 0.2) is 43.4 Å². The molecule has 0 saturated carbocycles. The molecule has 7 rings (SSSR count). The number of H-pyrrole nitrogens is 2. The van der Waals surface area contributed by atoms with Gasteiger partial charge in [-0.25, -0.2) is 23.9 Å². The molecular weight excluding hydrogens is 803 g/mol. The zero-order chi connectivity index (χ0) is 42.4. The topological polar surface area (TPSA) is 178 Å². The van der Waals surface area contributed by atoms with E-state index in [1.165, 1.54) is 76.8 Å². The van der Waals surface area contributed by atoms with E-state index in [0.29, 0.717) is 6.29 Å². The van der Waals surface area contributed by atoms with Crippen LogP contribution in [0.3, 0.4) is 0 Å². The minimum atomic E-state index is -1.51. The number of rotatable bonds is 9. The third kappa shape index (κ3) is 20.6. The highest BCUT2D eigenvalue weighted by atomic mass is 32.2. The second-order valence-electron chi connectivity index (χ2n) is 12.2. The molecule has 1 atom stereocenters. The summed E-state index contributed by atoms with van der Waals surface area (Å²) in [7, 11) is 3.46. The number of fused-ring (bicyclic) bond motifs is 1. The molecule has 2 amide bonds. The van der Waals surface area contributed by atoms with Gasteiger partial charge in [-0.3, -0.25) is 13.8 Å². The molecule has 18 heteroatoms. The van der Waals surface area contributed by atoms with Gasteiger partial charge in [-0.1, -0.05) is 54.4 Å². The molecule has 5 aromatic rings. The van der Waals surface area contributed by atoms with E-state index in [2.05, 4.69) is 90.9 Å². The molecule has 0 aliphatic carbocycles. The zero-order valence-electron chi connectivity index (χ0n) is 35.0. The number of aldehydes is 1. The number of hydrogen-bond acceptors (Lipinski definition) is 12. The van der Waals surface area contributed by atoms with Gasteiger partial charge >= 0.3 is 0 Å². The van der Waals surface area contributed by atoms with Crippen molar-refractivity contribution in [3.8, 4) is 31.0 Å². The van der Waals surface area contributed by atoms with E-state index in [0.717, 1.165) is 42.3 Å². The molecule has 2 fully saturated rings. The summed E-state index contributed by atoms with van der Waals surface area (Å²) < 4.78 is 19.3. The maximum Gasteiger partial charge on any atom is 0.241 e. The number of amides is 2. The Morgan fingerprint density at radius 3 is 1.84 bits per heavy atom. The first-order valence-electron chi connectivity index (χ1n) is 19.4. The van der Waals surface area contributed by atoms with Crippen molar-refractivity contribution < 1.29 is 22.8 Å². The van der Waals surface area contributed by atoms with Crippen molar-refractivity contribution in [1.82, 2.24) is 44.8 Å². The summed E-state index contributed by atoms with van der Waals surface area (Å²) in [6.45, 7) is 18.4. The van der Waals surface area contributed by atoms with Crippen LogP contribution in [0.1, 0.15) is 87.0 Å². The Labute approximate surface area is 353 Å². The van der Waals surface area contributed by atoms with Crippen LogP contribution in [-0.4, -0.2) is 110 Å². The van der Waals surface area contributed by atoms with Gasteiger partial charge in [0.05, 0.1) is 66.4 Å². The van der Waals surface area contributed by atoms with Crippen LogP contribution in [-0.2, 0) is 29.8 Å². The predicted molar refractivity (Wildman–Crippen MR) is 240 cm³/mol. The van der Waals surface area contributed by atoms with Gasteiger partial charge in [-0.2, -0.15) is 0 Å². The molecule has 57 heavy (non-hydrogen) atoms. The summed E-state index contributed by atoms with van der Waals surface area (Å²) in [5.41, 5.74) is 2.03. The second-order valence-corrected chi connectivity index (χ2v) is 16.5. The summed E-state index contributed by atoms with van der Waals surface area (Å²) in [5, 5.41) is 3.46. The minimum Gasteiger partial charge on any atom is -0.347 e. The Kier molecular flexibility index (Phi) is 28.3. The maximum atomic E-state index is 11.3. The Bertz CT molecular complexity index is 1740. The van der Waals surface area contributed by atoms with Crippen LogP contribution < -0.4 is 10.0 Å². The van der Waals surface area contributed by atoms with E-state index in [1.54, 1.807) is 57.8 Å². The van der Waals surface area contributed by atoms with Crippen molar-refractivity contribution in [1.29, 1.82) is 0 Å². The quantitative estimate of drug-likeness (QED) is 0.106. The molecule has 14 nitrogen and oxygen atoms in total. The Hall–Kier alpha value is -3.65. The van der Waals surface area contributed by atoms with Crippen LogP contribution in [0.4, 0.5) is 0 Å². The fourth-order valence-corrected chi connectivity index (χ4v) is 8.33. The van der Waals surface area contributed by atoms with Gasteiger partial charge in [-0.15, -0.1) is 34.0 Å². The standard InChI is InChI=1S/C15H9N5S3.C8H14N2O2.C5H11N.C3H7NO3S.2C3H8.C2H6/c1-10(8-3-16-6-19-8)21-12-2-13(22-11(1)12)14-5-18-15(23-14)9-4-17-7-20-9;1-7(11)9-6-8(12)10-4-2-3-5-10;1-6-4-2-3-5-6;1-7-8(6)4-2-3-5;2*1-3-2;1-2/h1-7H,(H,16,19)(H,17,20);2-6H2,1H3,(H,9,11);2-5H2,1H3;3-4H,2H2,1H3;2*3H2,1-2H3;1-2H3. The normalized spacial score (nSPS) is 13.3. The summed E-state index contributed by atoms with van der Waals surface area (Å²) in [4.78, 5) is 58.0. The molecule has 7 heterocycles. The Balaban J connectivity index is 0.000000403. The largest absolute Gasteiger partial charge is 0.347 e. The molecule has 5 aromatic heterocycles. The number of likely N-dealkylation sites (tertiary alicyclic amines) is 2. The van der Waals surface area contributed by atoms with Crippen molar-refractivity contribution in [2.75, 3.05) is 53.4 Å². The number of carbonyl (C=O) groups excluding carboxylic acids is 3. The number of thiazole rings is 1. The van der Waals surface area contributed by atoms with Gasteiger partial charge in [0.25, 0.3) is 0 Å². The number of nitrogens with zero attached hydrogens (tertiary/aromatic N) is 5. The highest BCUT2D eigenvalue weighted by Gasteiger charge is 2.17. The summed E-state index contributed by atoms with van der Waals surface area (Å²) in [6.07, 6.45) is 17.1. The average Bonchev–Trinajstić information content (AvgIpc) is 4.05. The van der Waals surface area contributed by atoms with E-state index < -0.39 is 11.3 Å². The number of carbonyl (C=O) groups is 3. The monoisotopic (exact) mass is 865 g/mol. The lowest BCUT2D eigenvalue weighted by molar-refractivity contribution is -0.131. The third-order valence-electron chi connectivity index (χ3n) is 7.16. The fraction of sp³-hybridized carbons (Fsp3) is 0.538. The Morgan fingerprint density at radius 1 is 0.842 bits per heavy atom. The summed E-state index contributed by atoms with van der Waals surface area (Å²) >= 11 is 3.75. The van der Waals surface area contributed by atoms with Crippen molar-refractivity contribution in [3.05, 3.63) is 43.4 Å². The van der Waals surface area contributed by atoms with Gasteiger partial charge in [-0.05, 0) is 58.0 Å². The lowest BCUT2D eigenvalue weighted by Gasteiger charge is -2.14. The maximum absolute atomic E-state index is 11.3. The van der Waals surface area contributed by atoms with Crippen molar-refractivity contribution in [2.24, 2.45) is 0 Å². The molecule has 2 aliphatic rings. The smallest absolute Gasteiger partial charge is 0.241 e. The van der Waals surface area contributed by atoms with Gasteiger partial charge < -0.3 is 29.9 Å². The van der Waals surface area contributed by atoms with Gasteiger partial charge in [0, 0.05) is 40.5 Å². The fourth-order valence-electron chi connectivity index (χ4n) is 4.68. The van der Waals surface area contributed by atoms with E-state index in [-0.39, 0.29) is 24.9 Å². The molecule has 0 radical (unpaired) electrons. The van der Waals surface area contributed by atoms with Crippen molar-refractivity contribution >= 4 is 72.8 Å². The molecule has 4 N–H and O–H groups in total. The molecule has 0 bridgehead atoms. The zero-order valence-corrected chi connectivity index (χ0v) is 38.3. The lowest BCUT2D eigenvalue weighted by atomic mass is 10.3. The number of imidazole rings is 2. The van der Waals surface area contributed by atoms with Crippen molar-refractivity contribution in [2.45, 2.75) is 87.0 Å². The number of aromatic nitrogens is 5. The van der Waals surface area contributed by atoms with E-state index in [9.17, 15) is 18.6 Å². The second kappa shape index (κ2) is 31.4. The molecule has 0 aromatic carbocycles. The first-order valence-corrected chi connectivity index (χ1v) is 22.9. The molecule has 0 spiro atoms. The molecule has 318 valence electrons. The van der Waals surface area contributed by atoms with E-state index in [1.807, 2.05) is 26.2 Å². The third-order valence-corrected chi connectivity index (χ3v) is 11.4. The molecule has 2 aliphatic heterocycles. The minimum absolute atomic E-state index is 0.0303. The number of aromatic amines is 2. The van der Waals surface area contributed by atoms with Crippen LogP contribution in [0.2, 0.25) is 0 Å². The van der Waals surface area contributed by atoms with Gasteiger partial charge in [0.2, 0.25) is 23.1 Å². The summed E-state index contributed by atoms with van der Waals surface area (Å²) in [6, 6.07) is 4.47. The predicted octanol–water partition coefficient (Wildman–Crippen LogP) is 8.18. The number of nitrogens with one attached hydrogen (secondary N) is 4. The number of thiophene rings is 2. The van der Waals surface area contributed by atoms with Gasteiger partial charge in [0.1, 0.15) is 11.3 Å². The van der Waals surface area contributed by atoms with Crippen molar-refractivity contribution in [3.63, 3.8) is 0 Å². The van der Waals surface area contributed by atoms with Crippen LogP contribution in [0.5, 0.6) is 0 Å². The number of hydrogen-bond donors (Lipinski definition) is 4. The highest BCUT2D eigenvalue weighted by Crippen LogP contribution is 2.43. The van der Waals surface area contributed by atoms with Crippen LogP contribution in [0.25, 0.3) is 40.4 Å². The SMILES string of the molecule is CC.CC(=O)NCC(=O)N1CCCC1.CCC.CCC.CN1CCCC1.COS(=O)NCC=O.c1ncc(-c2cc3sc(-c4cnc(-c5cnc[nH]5)s4)cc3s2)[nH]1. The van der Waals surface area contributed by atoms with E-state index in [4.69, 9.17) is 0 Å². The molecule has 1 unspecified atom stereocenters. The molecular formula is C39H63N9O5S4. The van der Waals surface area contributed by atoms with Gasteiger partial charge in [0.15, 0.2) is 0 Å². The average molecular weight is 866 g/mol. The Morgan fingerprint density at radius 2 is 1.37 bits per heavy atom. The lowest BCUT2D eigenvalue weighted by Crippen LogP contribution is -2.37. The first kappa shape index (κ1) is 51.4. The highest BCUT2D eigenvalue weighted by molar-refractivity contribution is 7.78. The summed E-state index contributed by atoms with van der Waals surface area (Å²) in [5.74, 6) is -0.120. The van der Waals surface area contributed by atoms with Crippen LogP contribution in [0, 0.1) is 0 Å². The first-order chi connectivity index (χ1) is 27.6. The molecule has 2 saturated heterocycles. The van der Waals surface area contributed by atoms with Crippen LogP contribution >= 0.6 is 34.0 Å². The van der Waals surface area contributed by atoms with E-state index >= 15 is 0 Å².